The summed E-state index contributed by atoms with van der Waals surface area (Å²) in [5.74, 6) is -0.515. The molecule has 1 aliphatic rings. The molecule has 0 aromatic rings. The standard InChI is InChI=1S/C8H9ClF3NO/c9-5-7(14)13-3-1-6(2-4-13)8(10,11)12/h1H,2-5H2. The molecule has 80 valence electrons. The molecule has 0 radical (unpaired) electrons. The minimum absolute atomic E-state index is 0.000394. The van der Waals surface area contributed by atoms with Gasteiger partial charge in [-0.2, -0.15) is 13.2 Å². The van der Waals surface area contributed by atoms with Crippen LogP contribution in [-0.2, 0) is 4.79 Å². The van der Waals surface area contributed by atoms with E-state index in [2.05, 4.69) is 0 Å². The molecule has 0 unspecified atom stereocenters. The second kappa shape index (κ2) is 4.21. The van der Waals surface area contributed by atoms with E-state index in [1.807, 2.05) is 0 Å². The summed E-state index contributed by atoms with van der Waals surface area (Å²) in [6, 6.07) is 0. The maximum Gasteiger partial charge on any atom is 0.412 e. The molecule has 6 heteroatoms. The first kappa shape index (κ1) is 11.4. The number of nitrogens with zero attached hydrogens (tertiary/aromatic N) is 1. The van der Waals surface area contributed by atoms with Crippen LogP contribution in [0.1, 0.15) is 6.42 Å². The van der Waals surface area contributed by atoms with Crippen LogP contribution in [0.3, 0.4) is 0 Å². The maximum absolute atomic E-state index is 12.2. The molecule has 0 atom stereocenters. The fourth-order valence-corrected chi connectivity index (χ4v) is 1.41. The summed E-state index contributed by atoms with van der Waals surface area (Å²) in [5, 5.41) is 0. The van der Waals surface area contributed by atoms with E-state index in [0.29, 0.717) is 0 Å². The van der Waals surface area contributed by atoms with Crippen LogP contribution in [0.4, 0.5) is 13.2 Å². The first-order valence-electron chi connectivity index (χ1n) is 4.05. The highest BCUT2D eigenvalue weighted by Crippen LogP contribution is 2.30. The Bertz CT molecular complexity index is 262. The summed E-state index contributed by atoms with van der Waals surface area (Å²) in [6.07, 6.45) is -3.38. The highest BCUT2D eigenvalue weighted by atomic mass is 35.5. The minimum atomic E-state index is -4.27. The van der Waals surface area contributed by atoms with E-state index in [1.54, 1.807) is 0 Å². The Morgan fingerprint density at radius 3 is 2.57 bits per heavy atom. The Morgan fingerprint density at radius 1 is 1.57 bits per heavy atom. The zero-order valence-electron chi connectivity index (χ0n) is 7.27. The molecule has 0 N–H and O–H groups in total. The number of hydrogen-bond donors (Lipinski definition) is 0. The molecule has 0 aromatic heterocycles. The number of carbonyl (C=O) groups is 1. The predicted molar refractivity (Wildman–Crippen MR) is 46.1 cm³/mol. The third kappa shape index (κ3) is 2.64. The molecule has 1 heterocycles. The molecule has 0 fully saturated rings. The highest BCUT2D eigenvalue weighted by Gasteiger charge is 2.35. The lowest BCUT2D eigenvalue weighted by atomic mass is 10.1. The normalized spacial score (nSPS) is 18.0. The van der Waals surface area contributed by atoms with Gasteiger partial charge in [0.25, 0.3) is 0 Å². The van der Waals surface area contributed by atoms with E-state index >= 15 is 0 Å². The summed E-state index contributed by atoms with van der Waals surface area (Å²) in [5.41, 5.74) is -0.559. The number of alkyl halides is 4. The van der Waals surface area contributed by atoms with Gasteiger partial charge in [-0.15, -0.1) is 11.6 Å². The lowest BCUT2D eigenvalue weighted by molar-refractivity contribution is -0.129. The molecule has 14 heavy (non-hydrogen) atoms. The Kier molecular flexibility index (Phi) is 3.42. The highest BCUT2D eigenvalue weighted by molar-refractivity contribution is 6.27. The van der Waals surface area contributed by atoms with Gasteiger partial charge in [0, 0.05) is 18.7 Å². The van der Waals surface area contributed by atoms with Crippen LogP contribution in [0.2, 0.25) is 0 Å². The maximum atomic E-state index is 12.2. The van der Waals surface area contributed by atoms with Gasteiger partial charge in [0.2, 0.25) is 5.91 Å². The first-order valence-corrected chi connectivity index (χ1v) is 4.58. The quantitative estimate of drug-likeness (QED) is 0.495. The largest absolute Gasteiger partial charge is 0.412 e. The van der Waals surface area contributed by atoms with Gasteiger partial charge in [-0.3, -0.25) is 4.79 Å². The van der Waals surface area contributed by atoms with Crippen molar-refractivity contribution < 1.29 is 18.0 Å². The van der Waals surface area contributed by atoms with Gasteiger partial charge in [-0.25, -0.2) is 0 Å². The number of rotatable bonds is 1. The van der Waals surface area contributed by atoms with Crippen molar-refractivity contribution in [2.45, 2.75) is 12.6 Å². The summed E-state index contributed by atoms with van der Waals surface area (Å²) in [6.45, 7) is 0.0945. The third-order valence-corrected chi connectivity index (χ3v) is 2.27. The molecule has 0 bridgehead atoms. The lowest BCUT2D eigenvalue weighted by Crippen LogP contribution is -2.37. The van der Waals surface area contributed by atoms with Crippen LogP contribution < -0.4 is 0 Å². The van der Waals surface area contributed by atoms with Gasteiger partial charge < -0.3 is 4.90 Å². The van der Waals surface area contributed by atoms with Crippen LogP contribution in [0.15, 0.2) is 11.6 Å². The van der Waals surface area contributed by atoms with Gasteiger partial charge in [0.15, 0.2) is 0 Å². The fourth-order valence-electron chi connectivity index (χ4n) is 1.24. The van der Waals surface area contributed by atoms with Crippen LogP contribution >= 0.6 is 11.6 Å². The van der Waals surface area contributed by atoms with Crippen LogP contribution in [0.5, 0.6) is 0 Å². The topological polar surface area (TPSA) is 20.3 Å². The van der Waals surface area contributed by atoms with E-state index < -0.39 is 11.7 Å². The van der Waals surface area contributed by atoms with E-state index in [9.17, 15) is 18.0 Å². The molecule has 0 spiro atoms. The first-order chi connectivity index (χ1) is 6.45. The molecule has 1 rings (SSSR count). The molecular weight excluding hydrogens is 219 g/mol. The Balaban J connectivity index is 2.60. The SMILES string of the molecule is O=C(CCl)N1CC=C(C(F)(F)F)CC1. The molecule has 2 nitrogen and oxygen atoms in total. The summed E-state index contributed by atoms with van der Waals surface area (Å²) < 4.78 is 36.5. The Morgan fingerprint density at radius 2 is 2.21 bits per heavy atom. The monoisotopic (exact) mass is 227 g/mol. The average Bonchev–Trinajstić information content (AvgIpc) is 2.15. The van der Waals surface area contributed by atoms with Gasteiger partial charge in [0.1, 0.15) is 5.88 Å². The number of amides is 1. The van der Waals surface area contributed by atoms with Crippen molar-refractivity contribution in [3.8, 4) is 0 Å². The van der Waals surface area contributed by atoms with Crippen LogP contribution in [0, 0.1) is 0 Å². The summed E-state index contributed by atoms with van der Waals surface area (Å²) >= 11 is 5.28. The second-order valence-electron chi connectivity index (χ2n) is 2.95. The zero-order valence-corrected chi connectivity index (χ0v) is 8.03. The number of halogens is 4. The van der Waals surface area contributed by atoms with Gasteiger partial charge in [0.05, 0.1) is 0 Å². The van der Waals surface area contributed by atoms with Crippen molar-refractivity contribution in [2.24, 2.45) is 0 Å². The fraction of sp³-hybridized carbons (Fsp3) is 0.625. The zero-order chi connectivity index (χ0) is 10.8. The predicted octanol–water partition coefficient (Wildman–Crippen LogP) is 1.95. The van der Waals surface area contributed by atoms with E-state index in [0.717, 1.165) is 6.08 Å². The molecule has 1 aliphatic heterocycles. The van der Waals surface area contributed by atoms with Gasteiger partial charge >= 0.3 is 6.18 Å². The smallest absolute Gasteiger partial charge is 0.338 e. The lowest BCUT2D eigenvalue weighted by Gasteiger charge is -2.26. The van der Waals surface area contributed by atoms with Crippen LogP contribution in [0.25, 0.3) is 0 Å². The Labute approximate surface area is 84.3 Å². The third-order valence-electron chi connectivity index (χ3n) is 2.04. The average molecular weight is 228 g/mol. The van der Waals surface area contributed by atoms with Crippen molar-refractivity contribution in [3.63, 3.8) is 0 Å². The number of carbonyl (C=O) groups excluding carboxylic acids is 1. The summed E-state index contributed by atoms with van der Waals surface area (Å²) in [4.78, 5) is 12.3. The molecule has 1 amide bonds. The molecular formula is C8H9ClF3NO. The van der Waals surface area contributed by atoms with Gasteiger partial charge in [-0.05, 0) is 6.42 Å². The van der Waals surface area contributed by atoms with Crippen molar-refractivity contribution in [1.29, 1.82) is 0 Å². The minimum Gasteiger partial charge on any atom is -0.338 e. The van der Waals surface area contributed by atoms with Crippen molar-refractivity contribution in [1.82, 2.24) is 4.90 Å². The number of hydrogen-bond acceptors (Lipinski definition) is 1. The van der Waals surface area contributed by atoms with Crippen LogP contribution in [-0.4, -0.2) is 36.0 Å². The van der Waals surface area contributed by atoms with E-state index in [1.165, 1.54) is 4.90 Å². The molecule has 0 aliphatic carbocycles. The summed E-state index contributed by atoms with van der Waals surface area (Å²) in [7, 11) is 0. The van der Waals surface area contributed by atoms with Crippen molar-refractivity contribution >= 4 is 17.5 Å². The molecule has 0 saturated carbocycles. The van der Waals surface area contributed by atoms with E-state index in [4.69, 9.17) is 11.6 Å². The van der Waals surface area contributed by atoms with E-state index in [-0.39, 0.29) is 31.3 Å². The second-order valence-corrected chi connectivity index (χ2v) is 3.22. The van der Waals surface area contributed by atoms with Gasteiger partial charge in [-0.1, -0.05) is 6.08 Å². The van der Waals surface area contributed by atoms with Crippen molar-refractivity contribution in [2.75, 3.05) is 19.0 Å². The molecule has 0 saturated heterocycles. The Hall–Kier alpha value is -0.710. The molecule has 0 aromatic carbocycles. The van der Waals surface area contributed by atoms with Crippen molar-refractivity contribution in [3.05, 3.63) is 11.6 Å².